The molecule has 0 aromatic rings. The van der Waals surface area contributed by atoms with Gasteiger partial charge >= 0.3 is 11.9 Å². The number of carbonyl (C=O) groups excluding carboxylic acids is 2. The average Bonchev–Trinajstić information content (AvgIpc) is 3.17. The zero-order valence-electron chi connectivity index (χ0n) is 34.2. The molecule has 0 spiro atoms. The molecule has 0 bridgehead atoms. The molecule has 0 radical (unpaired) electrons. The molecule has 6 atom stereocenters. The van der Waals surface area contributed by atoms with Gasteiger partial charge in [0.15, 0.2) is 12.4 Å². The Morgan fingerprint density at radius 3 is 1.59 bits per heavy atom. The molecule has 0 saturated carbocycles. The Bertz CT molecular complexity index is 938. The zero-order valence-corrected chi connectivity index (χ0v) is 34.2. The minimum absolute atomic E-state index is 0.216. The standard InChI is InChI=1S/C44H80O10/c1-3-5-7-9-11-13-15-17-19-21-22-24-26-28-30-32-39(46)51-35-37(36-52-44-43(50)42(49)41(48)38(34-45)54-44)53-40(47)33-31-29-27-25-23-20-18-16-14-12-10-8-6-4-2/h10,12,16,18,37-38,41-45,48-50H,3-9,11,13-15,17,19-36H2,1-2H3/b12-10-,18-16-. The number of ether oxygens (including phenoxy) is 4. The fraction of sp³-hybridized carbons (Fsp3) is 0.864. The molecule has 0 amide bonds. The van der Waals surface area contributed by atoms with Gasteiger partial charge in [-0.2, -0.15) is 0 Å². The normalized spacial score (nSPS) is 20.9. The van der Waals surface area contributed by atoms with Crippen molar-refractivity contribution in [3.05, 3.63) is 24.3 Å². The van der Waals surface area contributed by atoms with Gasteiger partial charge in [-0.1, -0.05) is 160 Å². The molecular weight excluding hydrogens is 688 g/mol. The van der Waals surface area contributed by atoms with Crippen LogP contribution in [0.3, 0.4) is 0 Å². The second kappa shape index (κ2) is 35.6. The zero-order chi connectivity index (χ0) is 39.5. The smallest absolute Gasteiger partial charge is 0.306 e. The fourth-order valence-corrected chi connectivity index (χ4v) is 6.56. The van der Waals surface area contributed by atoms with E-state index in [0.717, 1.165) is 64.2 Å². The molecule has 1 aliphatic heterocycles. The number of hydrogen-bond acceptors (Lipinski definition) is 10. The third-order valence-corrected chi connectivity index (χ3v) is 10.1. The molecule has 4 N–H and O–H groups in total. The summed E-state index contributed by atoms with van der Waals surface area (Å²) in [6.45, 7) is 3.37. The number of esters is 2. The first-order valence-corrected chi connectivity index (χ1v) is 21.9. The van der Waals surface area contributed by atoms with Gasteiger partial charge in [-0.25, -0.2) is 0 Å². The van der Waals surface area contributed by atoms with Gasteiger partial charge in [0.25, 0.3) is 0 Å². The lowest BCUT2D eigenvalue weighted by Crippen LogP contribution is -2.59. The van der Waals surface area contributed by atoms with Gasteiger partial charge in [-0.15, -0.1) is 0 Å². The van der Waals surface area contributed by atoms with Crippen LogP contribution in [0.2, 0.25) is 0 Å². The van der Waals surface area contributed by atoms with Crippen molar-refractivity contribution in [2.75, 3.05) is 19.8 Å². The van der Waals surface area contributed by atoms with E-state index in [0.29, 0.717) is 6.42 Å². The SMILES string of the molecule is CCCC/C=C\C/C=C\CCCCCCCC(=O)OC(COC(=O)CCCCCCCCCCCCCCCCC)COC1OC(CO)C(O)C(O)C1O. The first-order chi connectivity index (χ1) is 26.3. The Morgan fingerprint density at radius 1 is 0.574 bits per heavy atom. The molecule has 0 aromatic heterocycles. The van der Waals surface area contributed by atoms with E-state index in [2.05, 4.69) is 38.2 Å². The van der Waals surface area contributed by atoms with Gasteiger partial charge in [0.2, 0.25) is 0 Å². The van der Waals surface area contributed by atoms with Crippen LogP contribution in [0.4, 0.5) is 0 Å². The maximum absolute atomic E-state index is 12.7. The van der Waals surface area contributed by atoms with Gasteiger partial charge < -0.3 is 39.4 Å². The summed E-state index contributed by atoms with van der Waals surface area (Å²) in [6.07, 6.45) is 30.4. The highest BCUT2D eigenvalue weighted by molar-refractivity contribution is 5.70. The third-order valence-electron chi connectivity index (χ3n) is 10.1. The Kier molecular flexibility index (Phi) is 33.1. The van der Waals surface area contributed by atoms with E-state index >= 15 is 0 Å². The highest BCUT2D eigenvalue weighted by Gasteiger charge is 2.44. The van der Waals surface area contributed by atoms with Crippen LogP contribution in [0.1, 0.15) is 187 Å². The average molecular weight is 769 g/mol. The second-order valence-electron chi connectivity index (χ2n) is 15.2. The van der Waals surface area contributed by atoms with Crippen LogP contribution in [0.15, 0.2) is 24.3 Å². The Balaban J connectivity index is 2.34. The Hall–Kier alpha value is -1.82. The quantitative estimate of drug-likeness (QED) is 0.0276. The molecule has 10 heteroatoms. The van der Waals surface area contributed by atoms with Crippen LogP contribution in [-0.4, -0.2) is 89.0 Å². The maximum Gasteiger partial charge on any atom is 0.306 e. The van der Waals surface area contributed by atoms with E-state index in [9.17, 15) is 30.0 Å². The molecule has 316 valence electrons. The highest BCUT2D eigenvalue weighted by Crippen LogP contribution is 2.22. The lowest BCUT2D eigenvalue weighted by atomic mass is 9.99. The van der Waals surface area contributed by atoms with Crippen molar-refractivity contribution < 1.29 is 49.0 Å². The van der Waals surface area contributed by atoms with Gasteiger partial charge in [0, 0.05) is 12.8 Å². The number of aliphatic hydroxyl groups excluding tert-OH is 4. The number of rotatable bonds is 36. The van der Waals surface area contributed by atoms with Crippen LogP contribution in [0.5, 0.6) is 0 Å². The number of hydrogen-bond donors (Lipinski definition) is 4. The van der Waals surface area contributed by atoms with Crippen molar-refractivity contribution in [1.29, 1.82) is 0 Å². The first-order valence-electron chi connectivity index (χ1n) is 21.9. The van der Waals surface area contributed by atoms with Crippen molar-refractivity contribution in [2.45, 2.75) is 224 Å². The molecule has 1 aliphatic rings. The number of carbonyl (C=O) groups is 2. The van der Waals surface area contributed by atoms with Crippen molar-refractivity contribution in [3.63, 3.8) is 0 Å². The Labute approximate surface area is 328 Å². The molecule has 1 fully saturated rings. The van der Waals surface area contributed by atoms with E-state index in [-0.39, 0.29) is 32.0 Å². The summed E-state index contributed by atoms with van der Waals surface area (Å²) in [5.41, 5.74) is 0. The van der Waals surface area contributed by atoms with Crippen molar-refractivity contribution in [3.8, 4) is 0 Å². The number of unbranched alkanes of at least 4 members (excludes halogenated alkanes) is 21. The van der Waals surface area contributed by atoms with Crippen molar-refractivity contribution in [1.82, 2.24) is 0 Å². The van der Waals surface area contributed by atoms with Crippen LogP contribution < -0.4 is 0 Å². The van der Waals surface area contributed by atoms with Gasteiger partial charge in [-0.05, 0) is 38.5 Å². The lowest BCUT2D eigenvalue weighted by molar-refractivity contribution is -0.305. The van der Waals surface area contributed by atoms with E-state index in [1.165, 1.54) is 89.9 Å². The predicted octanol–water partition coefficient (Wildman–Crippen LogP) is 8.94. The highest BCUT2D eigenvalue weighted by atomic mass is 16.7. The van der Waals surface area contributed by atoms with Crippen LogP contribution in [0.25, 0.3) is 0 Å². The van der Waals surface area contributed by atoms with Crippen LogP contribution in [0, 0.1) is 0 Å². The summed E-state index contributed by atoms with van der Waals surface area (Å²) < 4.78 is 22.1. The number of allylic oxidation sites excluding steroid dienone is 4. The van der Waals surface area contributed by atoms with Crippen molar-refractivity contribution >= 4 is 11.9 Å². The summed E-state index contributed by atoms with van der Waals surface area (Å²) in [5.74, 6) is -0.817. The molecule has 10 nitrogen and oxygen atoms in total. The molecular formula is C44H80O10. The van der Waals surface area contributed by atoms with Gasteiger partial charge in [0.1, 0.15) is 31.0 Å². The summed E-state index contributed by atoms with van der Waals surface area (Å²) in [5, 5.41) is 40.0. The molecule has 1 rings (SSSR count). The largest absolute Gasteiger partial charge is 0.462 e. The van der Waals surface area contributed by atoms with Crippen LogP contribution >= 0.6 is 0 Å². The number of aliphatic hydroxyl groups is 4. The summed E-state index contributed by atoms with van der Waals surface area (Å²) in [6, 6.07) is 0. The molecule has 54 heavy (non-hydrogen) atoms. The monoisotopic (exact) mass is 769 g/mol. The fourth-order valence-electron chi connectivity index (χ4n) is 6.56. The van der Waals surface area contributed by atoms with Crippen molar-refractivity contribution in [2.24, 2.45) is 0 Å². The van der Waals surface area contributed by atoms with E-state index in [1.54, 1.807) is 0 Å². The minimum Gasteiger partial charge on any atom is -0.462 e. The summed E-state index contributed by atoms with van der Waals surface area (Å²) in [7, 11) is 0. The molecule has 1 heterocycles. The molecule has 6 unspecified atom stereocenters. The minimum atomic E-state index is -1.59. The molecule has 0 aliphatic carbocycles. The summed E-state index contributed by atoms with van der Waals surface area (Å²) in [4.78, 5) is 25.3. The lowest BCUT2D eigenvalue weighted by Gasteiger charge is -2.39. The van der Waals surface area contributed by atoms with Gasteiger partial charge in [0.05, 0.1) is 13.2 Å². The van der Waals surface area contributed by atoms with E-state index in [1.807, 2.05) is 0 Å². The maximum atomic E-state index is 12.7. The van der Waals surface area contributed by atoms with E-state index < -0.39 is 49.4 Å². The van der Waals surface area contributed by atoms with Gasteiger partial charge in [-0.3, -0.25) is 9.59 Å². The van der Waals surface area contributed by atoms with Crippen LogP contribution in [-0.2, 0) is 28.5 Å². The third kappa shape index (κ3) is 26.9. The molecule has 0 aromatic carbocycles. The summed E-state index contributed by atoms with van der Waals surface area (Å²) >= 11 is 0. The van der Waals surface area contributed by atoms with E-state index in [4.69, 9.17) is 18.9 Å². The Morgan fingerprint density at radius 2 is 1.06 bits per heavy atom. The first kappa shape index (κ1) is 50.2. The predicted molar refractivity (Wildman–Crippen MR) is 215 cm³/mol. The molecule has 1 saturated heterocycles. The second-order valence-corrected chi connectivity index (χ2v) is 15.2. The topological polar surface area (TPSA) is 152 Å².